The Bertz CT molecular complexity index is 890. The fourth-order valence-corrected chi connectivity index (χ4v) is 3.16. The number of aliphatic hydroxyl groups is 1. The minimum atomic E-state index is -0.906. The summed E-state index contributed by atoms with van der Waals surface area (Å²) in [5.74, 6) is 0.160. The number of benzene rings is 2. The molecule has 0 aliphatic heterocycles. The Morgan fingerprint density at radius 1 is 1.11 bits per heavy atom. The van der Waals surface area contributed by atoms with E-state index >= 15 is 0 Å². The van der Waals surface area contributed by atoms with Gasteiger partial charge in [-0.25, -0.2) is 0 Å². The van der Waals surface area contributed by atoms with Crippen molar-refractivity contribution in [2.75, 3.05) is 19.8 Å². The van der Waals surface area contributed by atoms with Crippen molar-refractivity contribution in [3.8, 4) is 16.9 Å². The fourth-order valence-electron chi connectivity index (χ4n) is 3.16. The summed E-state index contributed by atoms with van der Waals surface area (Å²) in [4.78, 5) is 24.5. The van der Waals surface area contributed by atoms with Crippen LogP contribution in [0.5, 0.6) is 5.75 Å². The Labute approximate surface area is 164 Å². The molecule has 0 heterocycles. The van der Waals surface area contributed by atoms with Crippen molar-refractivity contribution < 1.29 is 24.2 Å². The number of nitrogens with one attached hydrogen (secondary N) is 1. The van der Waals surface area contributed by atoms with E-state index in [4.69, 9.17) is 9.47 Å². The predicted octanol–water partition coefficient (Wildman–Crippen LogP) is 2.57. The van der Waals surface area contributed by atoms with Crippen molar-refractivity contribution in [3.05, 3.63) is 53.6 Å². The molecule has 0 bridgehead atoms. The number of hydrogen-bond acceptors (Lipinski definition) is 6. The molecule has 0 saturated carbocycles. The molecule has 1 aliphatic rings. The standard InChI is InChI=1S/C22H25NO5/c1-4-27-21(26)22(2,3)23-12-14(24)13-28-18-11-7-10-17-19(18)15-8-5-6-9-16(15)20(17)25/h5-11,14,23-24H,4,12-13H2,1-3H3. The first-order chi connectivity index (χ1) is 13.3. The second-order valence-electron chi connectivity index (χ2n) is 7.24. The van der Waals surface area contributed by atoms with Crippen molar-refractivity contribution in [2.24, 2.45) is 0 Å². The van der Waals surface area contributed by atoms with Gasteiger partial charge < -0.3 is 14.6 Å². The molecule has 6 nitrogen and oxygen atoms in total. The van der Waals surface area contributed by atoms with Gasteiger partial charge in [-0.15, -0.1) is 0 Å². The summed E-state index contributed by atoms with van der Waals surface area (Å²) in [6, 6.07) is 12.8. The summed E-state index contributed by atoms with van der Waals surface area (Å²) in [5.41, 5.74) is 1.96. The van der Waals surface area contributed by atoms with Crippen LogP contribution in [0.15, 0.2) is 42.5 Å². The Kier molecular flexibility index (Phi) is 5.82. The maximum absolute atomic E-state index is 12.5. The number of carbonyl (C=O) groups excluding carboxylic acids is 2. The number of esters is 1. The molecule has 28 heavy (non-hydrogen) atoms. The third-order valence-corrected chi connectivity index (χ3v) is 4.71. The largest absolute Gasteiger partial charge is 0.490 e. The number of hydrogen-bond donors (Lipinski definition) is 2. The highest BCUT2D eigenvalue weighted by Gasteiger charge is 2.30. The molecule has 2 N–H and O–H groups in total. The number of aliphatic hydroxyl groups excluding tert-OH is 1. The maximum atomic E-state index is 12.5. The third kappa shape index (κ3) is 3.93. The summed E-state index contributed by atoms with van der Waals surface area (Å²) in [6.07, 6.45) is -0.836. The highest BCUT2D eigenvalue weighted by atomic mass is 16.5. The van der Waals surface area contributed by atoms with Crippen molar-refractivity contribution in [2.45, 2.75) is 32.4 Å². The van der Waals surface area contributed by atoms with Crippen LogP contribution in [0, 0.1) is 0 Å². The SMILES string of the molecule is CCOC(=O)C(C)(C)NCC(O)COc1cccc2c1-c1ccccc1C2=O. The van der Waals surface area contributed by atoms with E-state index in [9.17, 15) is 14.7 Å². The maximum Gasteiger partial charge on any atom is 0.325 e. The van der Waals surface area contributed by atoms with E-state index < -0.39 is 11.6 Å². The minimum Gasteiger partial charge on any atom is -0.490 e. The van der Waals surface area contributed by atoms with E-state index in [0.29, 0.717) is 23.5 Å². The van der Waals surface area contributed by atoms with Gasteiger partial charge in [-0.1, -0.05) is 36.4 Å². The molecule has 6 heteroatoms. The van der Waals surface area contributed by atoms with E-state index in [2.05, 4.69) is 5.32 Å². The molecule has 1 atom stereocenters. The molecule has 1 unspecified atom stereocenters. The predicted molar refractivity (Wildman–Crippen MR) is 106 cm³/mol. The normalized spacial score (nSPS) is 13.6. The van der Waals surface area contributed by atoms with Gasteiger partial charge in [0.15, 0.2) is 5.78 Å². The number of ether oxygens (including phenoxy) is 2. The van der Waals surface area contributed by atoms with Gasteiger partial charge in [0.05, 0.1) is 6.61 Å². The van der Waals surface area contributed by atoms with Crippen LogP contribution in [-0.4, -0.2) is 48.3 Å². The summed E-state index contributed by atoms with van der Waals surface area (Å²) in [6.45, 7) is 5.64. The number of carbonyl (C=O) groups is 2. The number of β-amino-alcohol motifs (C(OH)–C–C–N with tert-alkyl or cyclic N) is 1. The van der Waals surface area contributed by atoms with Gasteiger partial charge in [0.2, 0.25) is 0 Å². The van der Waals surface area contributed by atoms with Crippen LogP contribution in [-0.2, 0) is 9.53 Å². The number of rotatable bonds is 8. The lowest BCUT2D eigenvalue weighted by Crippen LogP contribution is -2.51. The van der Waals surface area contributed by atoms with E-state index in [1.54, 1.807) is 45.0 Å². The van der Waals surface area contributed by atoms with Gasteiger partial charge in [-0.3, -0.25) is 14.9 Å². The van der Waals surface area contributed by atoms with Gasteiger partial charge in [0, 0.05) is 23.2 Å². The number of ketones is 1. The highest BCUT2D eigenvalue weighted by Crippen LogP contribution is 2.42. The third-order valence-electron chi connectivity index (χ3n) is 4.71. The van der Waals surface area contributed by atoms with Crippen LogP contribution < -0.4 is 10.1 Å². The summed E-state index contributed by atoms with van der Waals surface area (Å²) in [5, 5.41) is 13.3. The van der Waals surface area contributed by atoms with Crippen LogP contribution in [0.25, 0.3) is 11.1 Å². The smallest absolute Gasteiger partial charge is 0.325 e. The Balaban J connectivity index is 1.66. The fraction of sp³-hybridized carbons (Fsp3) is 0.364. The zero-order valence-corrected chi connectivity index (χ0v) is 16.3. The van der Waals surface area contributed by atoms with Crippen LogP contribution in [0.2, 0.25) is 0 Å². The number of fused-ring (bicyclic) bond motifs is 3. The summed E-state index contributed by atoms with van der Waals surface area (Å²) >= 11 is 0. The van der Waals surface area contributed by atoms with Crippen LogP contribution in [0.1, 0.15) is 36.7 Å². The molecule has 2 aromatic rings. The lowest BCUT2D eigenvalue weighted by atomic mass is 10.0. The summed E-state index contributed by atoms with van der Waals surface area (Å²) < 4.78 is 10.8. The van der Waals surface area contributed by atoms with Crippen molar-refractivity contribution in [3.63, 3.8) is 0 Å². The molecule has 2 aromatic carbocycles. The molecular weight excluding hydrogens is 358 g/mol. The quantitative estimate of drug-likeness (QED) is 0.582. The van der Waals surface area contributed by atoms with Gasteiger partial charge >= 0.3 is 5.97 Å². The molecule has 0 aromatic heterocycles. The molecule has 0 saturated heterocycles. The van der Waals surface area contributed by atoms with Gasteiger partial charge in [-0.2, -0.15) is 0 Å². The van der Waals surface area contributed by atoms with Crippen molar-refractivity contribution in [1.29, 1.82) is 0 Å². The lowest BCUT2D eigenvalue weighted by Gasteiger charge is -2.25. The summed E-state index contributed by atoms with van der Waals surface area (Å²) in [7, 11) is 0. The zero-order valence-electron chi connectivity index (χ0n) is 16.3. The Hall–Kier alpha value is -2.70. The average Bonchev–Trinajstić information content (AvgIpc) is 2.98. The average molecular weight is 383 g/mol. The molecule has 0 radical (unpaired) electrons. The molecule has 148 valence electrons. The zero-order chi connectivity index (χ0) is 20.3. The molecule has 1 aliphatic carbocycles. The van der Waals surface area contributed by atoms with Gasteiger partial charge in [-0.05, 0) is 32.4 Å². The van der Waals surface area contributed by atoms with E-state index in [0.717, 1.165) is 11.1 Å². The van der Waals surface area contributed by atoms with E-state index in [1.807, 2.05) is 18.2 Å². The van der Waals surface area contributed by atoms with Crippen LogP contribution >= 0.6 is 0 Å². The first kappa shape index (κ1) is 20.0. The van der Waals surface area contributed by atoms with E-state index in [-0.39, 0.29) is 24.9 Å². The van der Waals surface area contributed by atoms with E-state index in [1.165, 1.54) is 0 Å². The molecule has 3 rings (SSSR count). The highest BCUT2D eigenvalue weighted by molar-refractivity contribution is 6.22. The first-order valence-electron chi connectivity index (χ1n) is 9.35. The van der Waals surface area contributed by atoms with Crippen molar-refractivity contribution >= 4 is 11.8 Å². The Morgan fingerprint density at radius 2 is 1.79 bits per heavy atom. The first-order valence-corrected chi connectivity index (χ1v) is 9.35. The van der Waals surface area contributed by atoms with Crippen LogP contribution in [0.3, 0.4) is 0 Å². The molecular formula is C22H25NO5. The van der Waals surface area contributed by atoms with Crippen LogP contribution in [0.4, 0.5) is 0 Å². The topological polar surface area (TPSA) is 84.9 Å². The monoisotopic (exact) mass is 383 g/mol. The minimum absolute atomic E-state index is 0.0190. The lowest BCUT2D eigenvalue weighted by molar-refractivity contribution is -0.149. The van der Waals surface area contributed by atoms with Gasteiger partial charge in [0.25, 0.3) is 0 Å². The molecule has 0 spiro atoms. The second-order valence-corrected chi connectivity index (χ2v) is 7.24. The Morgan fingerprint density at radius 3 is 2.50 bits per heavy atom. The second kappa shape index (κ2) is 8.12. The van der Waals surface area contributed by atoms with Crippen molar-refractivity contribution in [1.82, 2.24) is 5.32 Å². The molecule has 0 amide bonds. The van der Waals surface area contributed by atoms with Gasteiger partial charge in [0.1, 0.15) is 24.0 Å². The molecule has 0 fully saturated rings.